The van der Waals surface area contributed by atoms with Crippen molar-refractivity contribution in [3.63, 3.8) is 0 Å². The van der Waals surface area contributed by atoms with Crippen LogP contribution in [-0.4, -0.2) is 5.48 Å². The molecular formula is C11H20O. The molecule has 2 rings (SSSR count). The van der Waals surface area contributed by atoms with E-state index in [2.05, 4.69) is 24.3 Å². The molecular weight excluding hydrogens is 148 g/mol. The van der Waals surface area contributed by atoms with E-state index < -0.39 is 0 Å². The summed E-state index contributed by atoms with van der Waals surface area (Å²) in [6.07, 6.45) is 18.5. The Morgan fingerprint density at radius 1 is 0.500 bits per heavy atom. The molecule has 0 amide bonds. The molecule has 0 saturated heterocycles. The van der Waals surface area contributed by atoms with Crippen molar-refractivity contribution in [2.24, 2.45) is 0 Å². The van der Waals surface area contributed by atoms with Crippen molar-refractivity contribution < 1.29 is 5.48 Å². The average Bonchev–Trinajstić information content (AvgIpc) is 2.64. The summed E-state index contributed by atoms with van der Waals surface area (Å²) >= 11 is 0. The fraction of sp³-hybridized carbons (Fsp3) is 0.636. The Morgan fingerprint density at radius 3 is 1.00 bits per heavy atom. The first-order valence-electron chi connectivity index (χ1n) is 4.80. The Labute approximate surface area is 75.5 Å². The van der Waals surface area contributed by atoms with Gasteiger partial charge in [-0.05, 0) is 44.9 Å². The zero-order valence-electron chi connectivity index (χ0n) is 7.76. The highest BCUT2D eigenvalue weighted by Gasteiger charge is 1.87. The minimum absolute atomic E-state index is 0. The van der Waals surface area contributed by atoms with Crippen LogP contribution in [0.4, 0.5) is 0 Å². The summed E-state index contributed by atoms with van der Waals surface area (Å²) in [7, 11) is 0. The summed E-state index contributed by atoms with van der Waals surface area (Å²) in [5.74, 6) is 0. The maximum absolute atomic E-state index is 2.27. The molecule has 1 nitrogen and oxygen atoms in total. The first-order chi connectivity index (χ1) is 5.50. The van der Waals surface area contributed by atoms with Gasteiger partial charge in [-0.3, -0.25) is 0 Å². The average molecular weight is 168 g/mol. The van der Waals surface area contributed by atoms with Crippen LogP contribution >= 0.6 is 0 Å². The van der Waals surface area contributed by atoms with E-state index in [0.29, 0.717) is 0 Å². The minimum Gasteiger partial charge on any atom is -0.412 e. The minimum atomic E-state index is 0. The van der Waals surface area contributed by atoms with E-state index >= 15 is 0 Å². The molecule has 70 valence electrons. The van der Waals surface area contributed by atoms with Gasteiger partial charge in [0.25, 0.3) is 0 Å². The summed E-state index contributed by atoms with van der Waals surface area (Å²) < 4.78 is 0. The van der Waals surface area contributed by atoms with Crippen LogP contribution < -0.4 is 0 Å². The van der Waals surface area contributed by atoms with Gasteiger partial charge in [-0.1, -0.05) is 24.3 Å². The second-order valence-corrected chi connectivity index (χ2v) is 3.16. The molecule has 0 unspecified atom stereocenters. The van der Waals surface area contributed by atoms with E-state index in [1.54, 1.807) is 0 Å². The zero-order valence-corrected chi connectivity index (χ0v) is 7.76. The molecule has 2 N–H and O–H groups in total. The highest BCUT2D eigenvalue weighted by atomic mass is 16.0. The first-order valence-corrected chi connectivity index (χ1v) is 4.80. The lowest BCUT2D eigenvalue weighted by molar-refractivity contribution is 0.730. The molecule has 0 aromatic rings. The van der Waals surface area contributed by atoms with Gasteiger partial charge in [0.05, 0.1) is 0 Å². The number of hydrogen-bond donors (Lipinski definition) is 0. The maximum atomic E-state index is 2.27. The van der Waals surface area contributed by atoms with E-state index in [4.69, 9.17) is 0 Å². The molecule has 0 fully saturated rings. The van der Waals surface area contributed by atoms with Gasteiger partial charge in [0.1, 0.15) is 0 Å². The van der Waals surface area contributed by atoms with Crippen molar-refractivity contribution >= 4 is 0 Å². The van der Waals surface area contributed by atoms with Crippen molar-refractivity contribution in [3.8, 4) is 0 Å². The molecule has 1 heteroatoms. The fourth-order valence-electron chi connectivity index (χ4n) is 1.35. The van der Waals surface area contributed by atoms with Crippen LogP contribution in [0.25, 0.3) is 0 Å². The molecule has 0 atom stereocenters. The van der Waals surface area contributed by atoms with Gasteiger partial charge < -0.3 is 5.48 Å². The molecule has 0 heterocycles. The Morgan fingerprint density at radius 2 is 0.833 bits per heavy atom. The molecule has 0 aromatic carbocycles. The van der Waals surface area contributed by atoms with Gasteiger partial charge in [-0.15, -0.1) is 0 Å². The van der Waals surface area contributed by atoms with E-state index in [-0.39, 0.29) is 5.48 Å². The Balaban J connectivity index is 0.000000189. The van der Waals surface area contributed by atoms with Crippen molar-refractivity contribution in [1.29, 1.82) is 0 Å². The number of rotatable bonds is 0. The number of allylic oxidation sites excluding steroid dienone is 4. The van der Waals surface area contributed by atoms with Crippen LogP contribution in [0.15, 0.2) is 24.3 Å². The smallest absolute Gasteiger partial charge is 0.0348 e. The fourth-order valence-corrected chi connectivity index (χ4v) is 1.35. The molecule has 12 heavy (non-hydrogen) atoms. The monoisotopic (exact) mass is 168 g/mol. The van der Waals surface area contributed by atoms with Crippen molar-refractivity contribution in [1.82, 2.24) is 0 Å². The molecule has 0 bridgehead atoms. The van der Waals surface area contributed by atoms with Gasteiger partial charge in [-0.2, -0.15) is 0 Å². The van der Waals surface area contributed by atoms with E-state index in [1.807, 2.05) is 0 Å². The summed E-state index contributed by atoms with van der Waals surface area (Å²) in [4.78, 5) is 0. The summed E-state index contributed by atoms with van der Waals surface area (Å²) in [5.41, 5.74) is 0. The third-order valence-electron chi connectivity index (χ3n) is 2.07. The van der Waals surface area contributed by atoms with E-state index in [0.717, 1.165) is 0 Å². The molecule has 0 aromatic heterocycles. The highest BCUT2D eigenvalue weighted by Crippen LogP contribution is 2.07. The molecule has 2 aliphatic rings. The second-order valence-electron chi connectivity index (χ2n) is 3.16. The van der Waals surface area contributed by atoms with Gasteiger partial charge >= 0.3 is 0 Å². The van der Waals surface area contributed by atoms with Gasteiger partial charge in [0, 0.05) is 0 Å². The first kappa shape index (κ1) is 11.4. The molecule has 2 aliphatic carbocycles. The summed E-state index contributed by atoms with van der Waals surface area (Å²) in [6, 6.07) is 0. The quantitative estimate of drug-likeness (QED) is 0.498. The van der Waals surface area contributed by atoms with Gasteiger partial charge in [-0.25, -0.2) is 0 Å². The van der Waals surface area contributed by atoms with Crippen molar-refractivity contribution in [3.05, 3.63) is 24.3 Å². The Kier molecular flexibility index (Phi) is 8.14. The predicted molar refractivity (Wildman–Crippen MR) is 54.2 cm³/mol. The highest BCUT2D eigenvalue weighted by molar-refractivity contribution is 4.88. The number of hydrogen-bond acceptors (Lipinski definition) is 0. The lowest BCUT2D eigenvalue weighted by atomic mass is 10.1. The Hall–Kier alpha value is -0.560. The second kappa shape index (κ2) is 8.54. The topological polar surface area (TPSA) is 31.5 Å². The van der Waals surface area contributed by atoms with Crippen LogP contribution in [-0.2, 0) is 0 Å². The third kappa shape index (κ3) is 6.17. The predicted octanol–water partition coefficient (Wildman–Crippen LogP) is 3.02. The normalized spacial score (nSPS) is 19.3. The van der Waals surface area contributed by atoms with Crippen molar-refractivity contribution in [2.75, 3.05) is 0 Å². The summed E-state index contributed by atoms with van der Waals surface area (Å²) in [6.45, 7) is 0. The van der Waals surface area contributed by atoms with Crippen molar-refractivity contribution in [2.45, 2.75) is 44.9 Å². The van der Waals surface area contributed by atoms with Gasteiger partial charge in [0.15, 0.2) is 0 Å². The van der Waals surface area contributed by atoms with E-state index in [1.165, 1.54) is 44.9 Å². The molecule has 0 aliphatic heterocycles. The van der Waals surface area contributed by atoms with Crippen LogP contribution in [0.5, 0.6) is 0 Å². The largest absolute Gasteiger partial charge is 0.412 e. The molecule has 0 saturated carbocycles. The van der Waals surface area contributed by atoms with E-state index in [9.17, 15) is 0 Å². The standard InChI is InChI=1S/C6H10.C5H8.H2O/c1-2-4-6-5-3-1;1-2-4-5-3-1;/h1-2H,3-6H2;1-2H,3-5H2;1H2. The van der Waals surface area contributed by atoms with Gasteiger partial charge in [0.2, 0.25) is 0 Å². The molecule has 0 radical (unpaired) electrons. The van der Waals surface area contributed by atoms with Crippen LogP contribution in [0.3, 0.4) is 0 Å². The molecule has 0 spiro atoms. The lowest BCUT2D eigenvalue weighted by Crippen LogP contribution is -1.77. The zero-order chi connectivity index (χ0) is 7.78. The Bertz CT molecular complexity index is 122. The third-order valence-corrected chi connectivity index (χ3v) is 2.07. The van der Waals surface area contributed by atoms with Crippen LogP contribution in [0, 0.1) is 0 Å². The lowest BCUT2D eigenvalue weighted by Gasteiger charge is -1.97. The van der Waals surface area contributed by atoms with Crippen LogP contribution in [0.2, 0.25) is 0 Å². The maximum Gasteiger partial charge on any atom is -0.0348 e. The van der Waals surface area contributed by atoms with Crippen LogP contribution in [0.1, 0.15) is 44.9 Å². The SMILES string of the molecule is C1=CCCC1.C1=CCCCC1.O. The summed E-state index contributed by atoms with van der Waals surface area (Å²) in [5, 5.41) is 0.